The minimum atomic E-state index is -0.342. The number of nitriles is 1. The Morgan fingerprint density at radius 1 is 1.79 bits per heavy atom. The fourth-order valence-corrected chi connectivity index (χ4v) is 1.37. The molecule has 0 saturated heterocycles. The van der Waals surface area contributed by atoms with Crippen LogP contribution in [0, 0.1) is 18.3 Å². The van der Waals surface area contributed by atoms with Gasteiger partial charge in [-0.2, -0.15) is 5.26 Å². The Morgan fingerprint density at radius 3 is 3.07 bits per heavy atom. The summed E-state index contributed by atoms with van der Waals surface area (Å²) >= 11 is 3.27. The number of nitrogens with zero attached hydrogens (tertiary/aromatic N) is 2. The van der Waals surface area contributed by atoms with Crippen LogP contribution in [0.25, 0.3) is 0 Å². The lowest BCUT2D eigenvalue weighted by molar-refractivity contribution is -0.115. The Balaban J connectivity index is 2.78. The number of aryl methyl sites for hydroxylation is 1. The molecule has 0 aliphatic carbocycles. The number of hydrogen-bond donors (Lipinski definition) is 1. The molecule has 0 aromatic carbocycles. The van der Waals surface area contributed by atoms with E-state index in [-0.39, 0.29) is 12.3 Å². The SMILES string of the molecule is Cc1cc(Br)cnc1NC(=O)CC#N. The topological polar surface area (TPSA) is 65.8 Å². The van der Waals surface area contributed by atoms with Gasteiger partial charge in [0.15, 0.2) is 0 Å². The highest BCUT2D eigenvalue weighted by atomic mass is 79.9. The molecule has 0 atom stereocenters. The molecule has 1 heterocycles. The van der Waals surface area contributed by atoms with Crippen LogP contribution < -0.4 is 5.32 Å². The van der Waals surface area contributed by atoms with E-state index in [1.807, 2.05) is 13.0 Å². The molecular weight excluding hydrogens is 246 g/mol. The molecule has 1 rings (SSSR count). The standard InChI is InChI=1S/C9H8BrN3O/c1-6-4-7(10)5-12-9(6)13-8(14)2-3-11/h4-5H,2H2,1H3,(H,12,13,14). The van der Waals surface area contributed by atoms with E-state index < -0.39 is 0 Å². The lowest BCUT2D eigenvalue weighted by Gasteiger charge is -2.05. The van der Waals surface area contributed by atoms with Gasteiger partial charge in [-0.25, -0.2) is 4.98 Å². The van der Waals surface area contributed by atoms with Crippen molar-refractivity contribution in [3.63, 3.8) is 0 Å². The Hall–Kier alpha value is -1.41. The fraction of sp³-hybridized carbons (Fsp3) is 0.222. The molecular formula is C9H8BrN3O. The minimum Gasteiger partial charge on any atom is -0.310 e. The number of halogens is 1. The first kappa shape index (κ1) is 10.7. The zero-order valence-corrected chi connectivity index (χ0v) is 9.13. The molecule has 1 aromatic heterocycles. The van der Waals surface area contributed by atoms with Crippen LogP contribution in [0.5, 0.6) is 0 Å². The van der Waals surface area contributed by atoms with Gasteiger partial charge in [-0.3, -0.25) is 4.79 Å². The van der Waals surface area contributed by atoms with Gasteiger partial charge < -0.3 is 5.32 Å². The lowest BCUT2D eigenvalue weighted by atomic mass is 10.3. The third kappa shape index (κ3) is 2.82. The fourth-order valence-electron chi connectivity index (χ4n) is 0.919. The first-order valence-corrected chi connectivity index (χ1v) is 4.71. The van der Waals surface area contributed by atoms with Gasteiger partial charge in [0.25, 0.3) is 0 Å². The third-order valence-corrected chi connectivity index (χ3v) is 1.98. The van der Waals surface area contributed by atoms with E-state index in [2.05, 4.69) is 26.2 Å². The van der Waals surface area contributed by atoms with Gasteiger partial charge in [0.2, 0.25) is 5.91 Å². The van der Waals surface area contributed by atoms with Crippen LogP contribution in [0.1, 0.15) is 12.0 Å². The molecule has 72 valence electrons. The summed E-state index contributed by atoms with van der Waals surface area (Å²) < 4.78 is 0.855. The lowest BCUT2D eigenvalue weighted by Crippen LogP contribution is -2.12. The van der Waals surface area contributed by atoms with Crippen molar-refractivity contribution in [3.05, 3.63) is 22.3 Å². The largest absolute Gasteiger partial charge is 0.310 e. The highest BCUT2D eigenvalue weighted by Gasteiger charge is 2.05. The van der Waals surface area contributed by atoms with Gasteiger partial charge in [0, 0.05) is 10.7 Å². The second-order valence-corrected chi connectivity index (χ2v) is 3.62. The van der Waals surface area contributed by atoms with E-state index in [0.717, 1.165) is 10.0 Å². The predicted molar refractivity (Wildman–Crippen MR) is 55.5 cm³/mol. The smallest absolute Gasteiger partial charge is 0.239 e. The van der Waals surface area contributed by atoms with E-state index in [1.54, 1.807) is 12.3 Å². The number of anilines is 1. The Labute approximate surface area is 90.1 Å². The maximum absolute atomic E-state index is 11.1. The van der Waals surface area contributed by atoms with Gasteiger partial charge in [0.05, 0.1) is 6.07 Å². The predicted octanol–water partition coefficient (Wildman–Crippen LogP) is 2.00. The van der Waals surface area contributed by atoms with Crippen molar-refractivity contribution in [1.82, 2.24) is 4.98 Å². The highest BCUT2D eigenvalue weighted by Crippen LogP contribution is 2.16. The number of amides is 1. The average Bonchev–Trinajstić information content (AvgIpc) is 2.10. The van der Waals surface area contributed by atoms with E-state index >= 15 is 0 Å². The zero-order chi connectivity index (χ0) is 10.6. The zero-order valence-electron chi connectivity index (χ0n) is 7.54. The summed E-state index contributed by atoms with van der Waals surface area (Å²) in [5.74, 6) is 0.152. The van der Waals surface area contributed by atoms with Crippen molar-refractivity contribution in [2.75, 3.05) is 5.32 Å². The molecule has 0 aliphatic heterocycles. The maximum atomic E-state index is 11.1. The van der Waals surface area contributed by atoms with Crippen molar-refractivity contribution in [3.8, 4) is 6.07 Å². The quantitative estimate of drug-likeness (QED) is 0.877. The van der Waals surface area contributed by atoms with Crippen molar-refractivity contribution in [2.45, 2.75) is 13.3 Å². The van der Waals surface area contributed by atoms with Crippen LogP contribution in [0.3, 0.4) is 0 Å². The third-order valence-electron chi connectivity index (χ3n) is 1.54. The number of hydrogen-bond acceptors (Lipinski definition) is 3. The van der Waals surface area contributed by atoms with E-state index in [0.29, 0.717) is 5.82 Å². The van der Waals surface area contributed by atoms with E-state index in [9.17, 15) is 4.79 Å². The van der Waals surface area contributed by atoms with Crippen LogP contribution in [0.2, 0.25) is 0 Å². The van der Waals surface area contributed by atoms with E-state index in [4.69, 9.17) is 5.26 Å². The Morgan fingerprint density at radius 2 is 2.50 bits per heavy atom. The van der Waals surface area contributed by atoms with Crippen molar-refractivity contribution in [2.24, 2.45) is 0 Å². The Kier molecular flexibility index (Phi) is 3.60. The molecule has 14 heavy (non-hydrogen) atoms. The molecule has 5 heteroatoms. The summed E-state index contributed by atoms with van der Waals surface area (Å²) in [6.07, 6.45) is 1.44. The maximum Gasteiger partial charge on any atom is 0.239 e. The molecule has 1 aromatic rings. The van der Waals surface area contributed by atoms with Gasteiger partial charge in [-0.1, -0.05) is 0 Å². The molecule has 0 saturated carbocycles. The first-order valence-electron chi connectivity index (χ1n) is 3.92. The summed E-state index contributed by atoms with van der Waals surface area (Å²) in [4.78, 5) is 15.1. The summed E-state index contributed by atoms with van der Waals surface area (Å²) in [5.41, 5.74) is 0.852. The first-order chi connectivity index (χ1) is 6.63. The Bertz CT molecular complexity index is 398. The number of aromatic nitrogens is 1. The molecule has 1 N–H and O–H groups in total. The molecule has 0 aliphatic rings. The molecule has 0 fully saturated rings. The molecule has 0 spiro atoms. The normalized spacial score (nSPS) is 9.21. The average molecular weight is 254 g/mol. The van der Waals surface area contributed by atoms with Gasteiger partial charge in [-0.05, 0) is 34.5 Å². The second-order valence-electron chi connectivity index (χ2n) is 2.70. The van der Waals surface area contributed by atoms with Crippen molar-refractivity contribution < 1.29 is 4.79 Å². The van der Waals surface area contributed by atoms with E-state index in [1.165, 1.54) is 0 Å². The van der Waals surface area contributed by atoms with Crippen LogP contribution in [-0.4, -0.2) is 10.9 Å². The van der Waals surface area contributed by atoms with Gasteiger partial charge in [0.1, 0.15) is 12.2 Å². The summed E-state index contributed by atoms with van der Waals surface area (Å²) in [5, 5.41) is 10.8. The molecule has 4 nitrogen and oxygen atoms in total. The summed E-state index contributed by atoms with van der Waals surface area (Å²) in [6.45, 7) is 1.83. The van der Waals surface area contributed by atoms with Crippen molar-refractivity contribution in [1.29, 1.82) is 5.26 Å². The van der Waals surface area contributed by atoms with Gasteiger partial charge in [-0.15, -0.1) is 0 Å². The summed E-state index contributed by atoms with van der Waals surface area (Å²) in [6, 6.07) is 3.61. The number of carbonyl (C=O) groups is 1. The number of pyridine rings is 1. The molecule has 0 radical (unpaired) electrons. The van der Waals surface area contributed by atoms with Crippen LogP contribution in [-0.2, 0) is 4.79 Å². The number of nitrogens with one attached hydrogen (secondary N) is 1. The van der Waals surface area contributed by atoms with Gasteiger partial charge >= 0.3 is 0 Å². The summed E-state index contributed by atoms with van der Waals surface area (Å²) in [7, 11) is 0. The monoisotopic (exact) mass is 253 g/mol. The molecule has 0 unspecified atom stereocenters. The number of rotatable bonds is 2. The second kappa shape index (κ2) is 4.72. The van der Waals surface area contributed by atoms with Crippen LogP contribution in [0.15, 0.2) is 16.7 Å². The minimum absolute atomic E-state index is 0.156. The molecule has 0 bridgehead atoms. The van der Waals surface area contributed by atoms with Crippen LogP contribution >= 0.6 is 15.9 Å². The molecule has 1 amide bonds. The highest BCUT2D eigenvalue weighted by molar-refractivity contribution is 9.10. The van der Waals surface area contributed by atoms with Crippen molar-refractivity contribution >= 4 is 27.7 Å². The number of carbonyl (C=O) groups excluding carboxylic acids is 1. The van der Waals surface area contributed by atoms with Crippen LogP contribution in [0.4, 0.5) is 5.82 Å².